The van der Waals surface area contributed by atoms with Gasteiger partial charge < -0.3 is 14.7 Å². The van der Waals surface area contributed by atoms with Crippen LogP contribution in [0.15, 0.2) is 24.3 Å². The maximum absolute atomic E-state index is 12.9. The number of carboxylic acid groups (broad SMARTS) is 1. The molecule has 0 saturated carbocycles. The van der Waals surface area contributed by atoms with E-state index in [9.17, 15) is 14.0 Å². The molecule has 0 radical (unpaired) electrons. The van der Waals surface area contributed by atoms with Crippen LogP contribution in [0.1, 0.15) is 25.7 Å². The van der Waals surface area contributed by atoms with Gasteiger partial charge in [0.15, 0.2) is 0 Å². The maximum atomic E-state index is 12.9. The van der Waals surface area contributed by atoms with E-state index < -0.39 is 12.0 Å². The van der Waals surface area contributed by atoms with E-state index in [0.717, 1.165) is 6.42 Å². The maximum Gasteiger partial charge on any atom is 0.326 e. The van der Waals surface area contributed by atoms with Gasteiger partial charge in [-0.05, 0) is 31.4 Å². The van der Waals surface area contributed by atoms with Crippen LogP contribution in [0.3, 0.4) is 0 Å². The van der Waals surface area contributed by atoms with Crippen LogP contribution in [-0.4, -0.2) is 41.1 Å². The largest absolute Gasteiger partial charge is 0.493 e. The van der Waals surface area contributed by atoms with E-state index in [1.165, 1.54) is 17.0 Å². The van der Waals surface area contributed by atoms with Crippen LogP contribution >= 0.6 is 0 Å². The Balaban J connectivity index is 1.73. The van der Waals surface area contributed by atoms with Crippen LogP contribution in [0, 0.1) is 5.82 Å². The van der Waals surface area contributed by atoms with E-state index in [4.69, 9.17) is 9.84 Å². The topological polar surface area (TPSA) is 66.8 Å². The predicted octanol–water partition coefficient (Wildman–Crippen LogP) is 2.06. The first kappa shape index (κ1) is 15.3. The summed E-state index contributed by atoms with van der Waals surface area (Å²) in [6.45, 7) is 0.793. The van der Waals surface area contributed by atoms with E-state index >= 15 is 0 Å². The Bertz CT molecular complexity index is 520. The summed E-state index contributed by atoms with van der Waals surface area (Å²) in [4.78, 5) is 24.4. The van der Waals surface area contributed by atoms with Gasteiger partial charge in [-0.15, -0.1) is 0 Å². The summed E-state index contributed by atoms with van der Waals surface area (Å²) in [6.07, 6.45) is 1.95. The van der Waals surface area contributed by atoms with E-state index in [0.29, 0.717) is 31.7 Å². The van der Waals surface area contributed by atoms with Crippen LogP contribution < -0.4 is 4.74 Å². The van der Waals surface area contributed by atoms with Crippen molar-refractivity contribution in [2.45, 2.75) is 31.7 Å². The van der Waals surface area contributed by atoms with Crippen LogP contribution in [0.25, 0.3) is 0 Å². The quantitative estimate of drug-likeness (QED) is 0.816. The molecule has 1 aromatic carbocycles. The highest BCUT2D eigenvalue weighted by Gasteiger charge is 2.33. The van der Waals surface area contributed by atoms with Crippen molar-refractivity contribution in [3.05, 3.63) is 30.1 Å². The SMILES string of the molecule is O=C(O)C1CCCN1C(=O)CCCOc1cccc(F)c1. The fourth-order valence-corrected chi connectivity index (χ4v) is 2.44. The summed E-state index contributed by atoms with van der Waals surface area (Å²) in [5.41, 5.74) is 0. The van der Waals surface area contributed by atoms with Crippen molar-refractivity contribution in [1.82, 2.24) is 4.90 Å². The third-order valence-electron chi connectivity index (χ3n) is 3.46. The number of carboxylic acids is 1. The summed E-state index contributed by atoms with van der Waals surface area (Å²) < 4.78 is 18.3. The van der Waals surface area contributed by atoms with Crippen molar-refractivity contribution in [3.63, 3.8) is 0 Å². The number of likely N-dealkylation sites (tertiary alicyclic amines) is 1. The van der Waals surface area contributed by atoms with Crippen molar-refractivity contribution in [3.8, 4) is 5.75 Å². The van der Waals surface area contributed by atoms with Crippen molar-refractivity contribution >= 4 is 11.9 Å². The Morgan fingerprint density at radius 1 is 1.43 bits per heavy atom. The van der Waals surface area contributed by atoms with Gasteiger partial charge >= 0.3 is 5.97 Å². The van der Waals surface area contributed by atoms with Crippen LogP contribution in [0.4, 0.5) is 4.39 Å². The number of carbonyl (C=O) groups excluding carboxylic acids is 1. The van der Waals surface area contributed by atoms with Crippen molar-refractivity contribution in [2.75, 3.05) is 13.2 Å². The zero-order valence-electron chi connectivity index (χ0n) is 11.6. The standard InChI is InChI=1S/C15H18FNO4/c16-11-4-1-5-12(10-11)21-9-3-7-14(18)17-8-2-6-13(17)15(19)20/h1,4-5,10,13H,2-3,6-9H2,(H,19,20). The lowest BCUT2D eigenvalue weighted by atomic mass is 10.2. The summed E-state index contributed by atoms with van der Waals surface area (Å²) in [5.74, 6) is -1.06. The molecule has 1 fully saturated rings. The summed E-state index contributed by atoms with van der Waals surface area (Å²) in [6, 6.07) is 5.11. The minimum atomic E-state index is -0.947. The fourth-order valence-electron chi connectivity index (χ4n) is 2.44. The van der Waals surface area contributed by atoms with Crippen LogP contribution in [-0.2, 0) is 9.59 Å². The lowest BCUT2D eigenvalue weighted by Gasteiger charge is -2.21. The molecule has 0 aromatic heterocycles. The van der Waals surface area contributed by atoms with E-state index in [2.05, 4.69) is 0 Å². The molecular formula is C15H18FNO4. The van der Waals surface area contributed by atoms with Crippen LogP contribution in [0.5, 0.6) is 5.75 Å². The molecule has 2 rings (SSSR count). The smallest absolute Gasteiger partial charge is 0.326 e. The molecule has 21 heavy (non-hydrogen) atoms. The Morgan fingerprint density at radius 2 is 2.24 bits per heavy atom. The Hall–Kier alpha value is -2.11. The average Bonchev–Trinajstić information content (AvgIpc) is 2.93. The second-order valence-corrected chi connectivity index (χ2v) is 4.99. The van der Waals surface area contributed by atoms with E-state index in [1.807, 2.05) is 0 Å². The number of aliphatic carboxylic acids is 1. The van der Waals surface area contributed by atoms with Gasteiger partial charge in [-0.25, -0.2) is 9.18 Å². The van der Waals surface area contributed by atoms with Crippen molar-refractivity contribution in [2.24, 2.45) is 0 Å². The first-order chi connectivity index (χ1) is 10.1. The summed E-state index contributed by atoms with van der Waals surface area (Å²) in [5, 5.41) is 9.02. The highest BCUT2D eigenvalue weighted by Crippen LogP contribution is 2.19. The molecule has 1 amide bonds. The predicted molar refractivity (Wildman–Crippen MR) is 73.5 cm³/mol. The minimum absolute atomic E-state index is 0.164. The third-order valence-corrected chi connectivity index (χ3v) is 3.46. The molecule has 1 atom stereocenters. The Kier molecular flexibility index (Phi) is 5.14. The molecule has 0 spiro atoms. The van der Waals surface area contributed by atoms with E-state index in [-0.39, 0.29) is 18.1 Å². The van der Waals surface area contributed by atoms with Gasteiger partial charge in [0.1, 0.15) is 17.6 Å². The minimum Gasteiger partial charge on any atom is -0.493 e. The number of amides is 1. The Morgan fingerprint density at radius 3 is 2.95 bits per heavy atom. The molecule has 1 aliphatic rings. The number of hydrogen-bond acceptors (Lipinski definition) is 3. The number of ether oxygens (including phenoxy) is 1. The normalized spacial score (nSPS) is 17.8. The van der Waals surface area contributed by atoms with Gasteiger partial charge in [0.05, 0.1) is 6.61 Å². The first-order valence-corrected chi connectivity index (χ1v) is 6.98. The van der Waals surface area contributed by atoms with Gasteiger partial charge in [-0.2, -0.15) is 0 Å². The highest BCUT2D eigenvalue weighted by atomic mass is 19.1. The average molecular weight is 295 g/mol. The number of nitrogens with zero attached hydrogens (tertiary/aromatic N) is 1. The summed E-state index contributed by atoms with van der Waals surface area (Å²) >= 11 is 0. The molecular weight excluding hydrogens is 277 g/mol. The molecule has 114 valence electrons. The Labute approximate surface area is 122 Å². The van der Waals surface area contributed by atoms with Gasteiger partial charge in [-0.3, -0.25) is 4.79 Å². The number of carbonyl (C=O) groups is 2. The lowest BCUT2D eigenvalue weighted by Crippen LogP contribution is -2.40. The molecule has 0 bridgehead atoms. The molecule has 6 heteroatoms. The third kappa shape index (κ3) is 4.18. The fraction of sp³-hybridized carbons (Fsp3) is 0.467. The molecule has 1 heterocycles. The molecule has 1 unspecified atom stereocenters. The molecule has 1 aliphatic heterocycles. The second kappa shape index (κ2) is 7.06. The zero-order chi connectivity index (χ0) is 15.2. The highest BCUT2D eigenvalue weighted by molar-refractivity contribution is 5.84. The van der Waals surface area contributed by atoms with Crippen molar-refractivity contribution < 1.29 is 23.8 Å². The van der Waals surface area contributed by atoms with Gasteiger partial charge in [0.25, 0.3) is 0 Å². The molecule has 5 nitrogen and oxygen atoms in total. The van der Waals surface area contributed by atoms with Gasteiger partial charge in [-0.1, -0.05) is 6.07 Å². The van der Waals surface area contributed by atoms with Crippen molar-refractivity contribution in [1.29, 1.82) is 0 Å². The zero-order valence-corrected chi connectivity index (χ0v) is 11.6. The van der Waals surface area contributed by atoms with E-state index in [1.54, 1.807) is 12.1 Å². The molecule has 1 saturated heterocycles. The second-order valence-electron chi connectivity index (χ2n) is 4.99. The van der Waals surface area contributed by atoms with Gasteiger partial charge in [0, 0.05) is 19.0 Å². The lowest BCUT2D eigenvalue weighted by molar-refractivity contribution is -0.148. The number of hydrogen-bond donors (Lipinski definition) is 1. The first-order valence-electron chi connectivity index (χ1n) is 6.98. The summed E-state index contributed by atoms with van der Waals surface area (Å²) in [7, 11) is 0. The molecule has 0 aliphatic carbocycles. The molecule has 1 aromatic rings. The van der Waals surface area contributed by atoms with Gasteiger partial charge in [0.2, 0.25) is 5.91 Å². The number of halogens is 1. The van der Waals surface area contributed by atoms with Crippen LogP contribution in [0.2, 0.25) is 0 Å². The number of benzene rings is 1. The monoisotopic (exact) mass is 295 g/mol. The number of rotatable bonds is 6. The molecule has 1 N–H and O–H groups in total.